The molecule has 1 aliphatic rings. The number of hydrogen-bond donors (Lipinski definition) is 1. The fraction of sp³-hybridized carbons (Fsp3) is 0.640. The van der Waals surface area contributed by atoms with Crippen LogP contribution in [-0.2, 0) is 17.8 Å². The minimum Gasteiger partial charge on any atom is -0.382 e. The van der Waals surface area contributed by atoms with Gasteiger partial charge in [-0.1, -0.05) is 18.5 Å². The third kappa shape index (κ3) is 5.70. The van der Waals surface area contributed by atoms with Gasteiger partial charge in [0.05, 0.1) is 15.7 Å². The first-order valence-corrected chi connectivity index (χ1v) is 13.6. The van der Waals surface area contributed by atoms with Crippen molar-refractivity contribution in [2.45, 2.75) is 84.2 Å². The quantitative estimate of drug-likeness (QED) is 0.109. The standard InChI is InChI=1S/C25H36N8OS/c1-3-4-7-21-30-22-23(24-20(29-25(22)26)14-17(2)35-24)33(21)13-6-5-12-32(16-34)19-10-8-18(9-11-19)15-28-31-27/h14,16,18-19H,3-13,15H2,1-2H3,(H2,26,29). The van der Waals surface area contributed by atoms with Crippen LogP contribution in [0.1, 0.15) is 69.0 Å². The molecule has 0 spiro atoms. The fourth-order valence-electron chi connectivity index (χ4n) is 5.31. The lowest BCUT2D eigenvalue weighted by atomic mass is 9.85. The number of fused-ring (bicyclic) bond motifs is 3. The summed E-state index contributed by atoms with van der Waals surface area (Å²) in [6.45, 7) is 6.49. The van der Waals surface area contributed by atoms with E-state index in [9.17, 15) is 4.79 Å². The molecule has 9 nitrogen and oxygen atoms in total. The molecule has 0 saturated heterocycles. The van der Waals surface area contributed by atoms with Gasteiger partial charge in [0.2, 0.25) is 6.41 Å². The largest absolute Gasteiger partial charge is 0.382 e. The van der Waals surface area contributed by atoms with Crippen molar-refractivity contribution in [2.24, 2.45) is 11.0 Å². The van der Waals surface area contributed by atoms with Gasteiger partial charge >= 0.3 is 0 Å². The van der Waals surface area contributed by atoms with Gasteiger partial charge in [0.15, 0.2) is 5.82 Å². The Hall–Kier alpha value is -2.84. The second-order valence-electron chi connectivity index (χ2n) is 9.69. The zero-order chi connectivity index (χ0) is 24.8. The second kappa shape index (κ2) is 11.7. The van der Waals surface area contributed by atoms with E-state index in [0.717, 1.165) is 104 Å². The summed E-state index contributed by atoms with van der Waals surface area (Å²) in [5.41, 5.74) is 17.7. The Labute approximate surface area is 210 Å². The SMILES string of the molecule is CCCCc1nc2c(N)nc3cc(C)sc3c2n1CCCCN(C=O)C1CCC(CN=[N+]=[N-])CC1. The Balaban J connectivity index is 1.43. The summed E-state index contributed by atoms with van der Waals surface area (Å²) >= 11 is 1.75. The van der Waals surface area contributed by atoms with E-state index in [-0.39, 0.29) is 0 Å². The van der Waals surface area contributed by atoms with Gasteiger partial charge in [-0.25, -0.2) is 9.97 Å². The molecule has 188 valence electrons. The Morgan fingerprint density at radius 2 is 2.09 bits per heavy atom. The number of amides is 1. The molecule has 10 heteroatoms. The predicted octanol–water partition coefficient (Wildman–Crippen LogP) is 5.99. The predicted molar refractivity (Wildman–Crippen MR) is 142 cm³/mol. The number of carbonyl (C=O) groups is 1. The topological polar surface area (TPSA) is 126 Å². The maximum absolute atomic E-state index is 11.8. The lowest BCUT2D eigenvalue weighted by Crippen LogP contribution is -2.38. The molecule has 3 heterocycles. The van der Waals surface area contributed by atoms with E-state index < -0.39 is 0 Å². The van der Waals surface area contributed by atoms with Crippen molar-refractivity contribution in [3.05, 3.63) is 27.2 Å². The van der Waals surface area contributed by atoms with Crippen molar-refractivity contribution < 1.29 is 4.79 Å². The number of imidazole rings is 1. The summed E-state index contributed by atoms with van der Waals surface area (Å²) in [5, 5.41) is 3.72. The van der Waals surface area contributed by atoms with Crippen LogP contribution in [-0.4, -0.2) is 45.0 Å². The molecule has 1 aliphatic carbocycles. The fourth-order valence-corrected chi connectivity index (χ4v) is 6.31. The van der Waals surface area contributed by atoms with Gasteiger partial charge in [0, 0.05) is 41.9 Å². The summed E-state index contributed by atoms with van der Waals surface area (Å²) in [6.07, 6.45) is 10.1. The number of anilines is 1. The van der Waals surface area contributed by atoms with E-state index in [1.807, 2.05) is 4.90 Å². The van der Waals surface area contributed by atoms with E-state index in [1.165, 1.54) is 4.88 Å². The summed E-state index contributed by atoms with van der Waals surface area (Å²) in [6, 6.07) is 2.39. The zero-order valence-electron chi connectivity index (χ0n) is 20.8. The first kappa shape index (κ1) is 25.3. The molecule has 1 fully saturated rings. The van der Waals surface area contributed by atoms with Crippen LogP contribution in [0.3, 0.4) is 0 Å². The number of aromatic nitrogens is 3. The Morgan fingerprint density at radius 1 is 1.29 bits per heavy atom. The van der Waals surface area contributed by atoms with Crippen molar-refractivity contribution in [1.29, 1.82) is 0 Å². The van der Waals surface area contributed by atoms with Crippen molar-refractivity contribution in [3.63, 3.8) is 0 Å². The monoisotopic (exact) mass is 496 g/mol. The molecule has 0 radical (unpaired) electrons. The maximum atomic E-state index is 11.8. The van der Waals surface area contributed by atoms with E-state index >= 15 is 0 Å². The molecule has 3 aromatic rings. The average Bonchev–Trinajstić information content (AvgIpc) is 3.41. The van der Waals surface area contributed by atoms with Gasteiger partial charge in [-0.15, -0.1) is 11.3 Å². The van der Waals surface area contributed by atoms with Crippen LogP contribution in [0.25, 0.3) is 31.7 Å². The summed E-state index contributed by atoms with van der Waals surface area (Å²) < 4.78 is 3.52. The van der Waals surface area contributed by atoms with Gasteiger partial charge in [0.1, 0.15) is 11.3 Å². The van der Waals surface area contributed by atoms with Crippen LogP contribution in [0, 0.1) is 12.8 Å². The van der Waals surface area contributed by atoms with Gasteiger partial charge in [0.25, 0.3) is 0 Å². The first-order chi connectivity index (χ1) is 17.0. The molecule has 0 aromatic carbocycles. The smallest absolute Gasteiger partial charge is 0.209 e. The van der Waals surface area contributed by atoms with Crippen molar-refractivity contribution in [1.82, 2.24) is 19.4 Å². The molecule has 2 N–H and O–H groups in total. The van der Waals surface area contributed by atoms with Gasteiger partial charge < -0.3 is 15.2 Å². The van der Waals surface area contributed by atoms with Crippen molar-refractivity contribution >= 4 is 44.8 Å². The van der Waals surface area contributed by atoms with E-state index in [4.69, 9.17) is 16.2 Å². The minimum absolute atomic E-state index is 0.295. The average molecular weight is 497 g/mol. The van der Waals surface area contributed by atoms with E-state index in [1.54, 1.807) is 11.3 Å². The molecule has 0 unspecified atom stereocenters. The number of unbranched alkanes of at least 4 members (excludes halogenated alkanes) is 2. The summed E-state index contributed by atoms with van der Waals surface area (Å²) in [4.78, 5) is 27.5. The molecule has 1 amide bonds. The van der Waals surface area contributed by atoms with Gasteiger partial charge in [-0.05, 0) is 69.4 Å². The highest BCUT2D eigenvalue weighted by Crippen LogP contribution is 2.35. The summed E-state index contributed by atoms with van der Waals surface area (Å²) in [7, 11) is 0. The lowest BCUT2D eigenvalue weighted by Gasteiger charge is -2.34. The van der Waals surface area contributed by atoms with E-state index in [0.29, 0.717) is 24.3 Å². The van der Waals surface area contributed by atoms with Crippen LogP contribution in [0.2, 0.25) is 0 Å². The molecule has 4 rings (SSSR count). The summed E-state index contributed by atoms with van der Waals surface area (Å²) in [5.74, 6) is 2.04. The molecule has 1 saturated carbocycles. The number of rotatable bonds is 12. The molecular formula is C25H36N8OS. The number of thiophene rings is 1. The Kier molecular flexibility index (Phi) is 8.46. The molecule has 3 aromatic heterocycles. The van der Waals surface area contributed by atoms with Crippen molar-refractivity contribution in [3.8, 4) is 0 Å². The van der Waals surface area contributed by atoms with Gasteiger partial charge in [-0.2, -0.15) is 0 Å². The number of carbonyl (C=O) groups excluding carboxylic acids is 1. The molecule has 0 bridgehead atoms. The van der Waals surface area contributed by atoms with Crippen LogP contribution in [0.5, 0.6) is 0 Å². The van der Waals surface area contributed by atoms with Crippen molar-refractivity contribution in [2.75, 3.05) is 18.8 Å². The zero-order valence-corrected chi connectivity index (χ0v) is 21.6. The number of nitrogens with two attached hydrogens (primary N) is 1. The number of nitrogens with zero attached hydrogens (tertiary/aromatic N) is 7. The van der Waals surface area contributed by atoms with Gasteiger partial charge in [-0.3, -0.25) is 4.79 Å². The van der Waals surface area contributed by atoms with Crippen LogP contribution >= 0.6 is 11.3 Å². The number of aryl methyl sites for hydroxylation is 3. The lowest BCUT2D eigenvalue weighted by molar-refractivity contribution is -0.121. The maximum Gasteiger partial charge on any atom is 0.209 e. The normalized spacial score (nSPS) is 18.1. The number of nitrogen functional groups attached to an aromatic ring is 1. The third-order valence-electron chi connectivity index (χ3n) is 7.21. The minimum atomic E-state index is 0.295. The molecule has 0 atom stereocenters. The number of pyridine rings is 1. The highest BCUT2D eigenvalue weighted by molar-refractivity contribution is 7.19. The second-order valence-corrected chi connectivity index (χ2v) is 10.9. The number of azide groups is 1. The van der Waals surface area contributed by atoms with Crippen LogP contribution in [0.4, 0.5) is 5.82 Å². The highest BCUT2D eigenvalue weighted by Gasteiger charge is 2.25. The first-order valence-electron chi connectivity index (χ1n) is 12.8. The van der Waals surface area contributed by atoms with E-state index in [2.05, 4.69) is 39.5 Å². The highest BCUT2D eigenvalue weighted by atomic mass is 32.1. The molecule has 0 aliphatic heterocycles. The third-order valence-corrected chi connectivity index (χ3v) is 8.25. The van der Waals surface area contributed by atoms with Crippen LogP contribution < -0.4 is 5.73 Å². The Bertz CT molecular complexity index is 1200. The number of hydrogen-bond acceptors (Lipinski definition) is 6. The Morgan fingerprint density at radius 3 is 2.80 bits per heavy atom. The molecular weight excluding hydrogens is 460 g/mol. The molecule has 35 heavy (non-hydrogen) atoms. The van der Waals surface area contributed by atoms with Crippen LogP contribution in [0.15, 0.2) is 11.2 Å².